The van der Waals surface area contributed by atoms with Gasteiger partial charge in [-0.2, -0.15) is 33.5 Å². The smallest absolute Gasteiger partial charge is 1.00 e. The van der Waals surface area contributed by atoms with Gasteiger partial charge in [0.15, 0.2) is 0 Å². The van der Waals surface area contributed by atoms with Crippen molar-refractivity contribution in [2.75, 3.05) is 26.7 Å². The summed E-state index contributed by atoms with van der Waals surface area (Å²) in [5, 5.41) is 48.8. The Labute approximate surface area is 559 Å². The molecule has 0 aliphatic carbocycles. The van der Waals surface area contributed by atoms with Crippen molar-refractivity contribution in [1.29, 1.82) is 0 Å². The summed E-state index contributed by atoms with van der Waals surface area (Å²) in [4.78, 5) is 32.4. The molecule has 0 saturated carbocycles. The van der Waals surface area contributed by atoms with Crippen LogP contribution in [0.2, 0.25) is 0 Å². The maximum absolute atomic E-state index is 12.1. The number of aliphatic hydroxyl groups excluding tert-OH is 3. The summed E-state index contributed by atoms with van der Waals surface area (Å²) in [5.41, 5.74) is 10.4. The van der Waals surface area contributed by atoms with Crippen LogP contribution >= 0.6 is 15.9 Å². The molecule has 436 valence electrons. The van der Waals surface area contributed by atoms with E-state index in [9.17, 15) is 46.1 Å². The van der Waals surface area contributed by atoms with Gasteiger partial charge in [-0.1, -0.05) is 141 Å². The van der Waals surface area contributed by atoms with Crippen molar-refractivity contribution in [2.24, 2.45) is 5.73 Å². The number of aryl methyl sites for hydroxylation is 3. The third-order valence-corrected chi connectivity index (χ3v) is 10.5. The molecule has 0 unspecified atom stereocenters. The van der Waals surface area contributed by atoms with Gasteiger partial charge >= 0.3 is 127 Å². The first-order valence-electron chi connectivity index (χ1n) is 25.2. The van der Waals surface area contributed by atoms with E-state index < -0.39 is 42.5 Å². The molecule has 0 bridgehead atoms. The van der Waals surface area contributed by atoms with Gasteiger partial charge < -0.3 is 53.8 Å². The number of carbonyl (C=O) groups is 3. The molecule has 3 atom stereocenters. The van der Waals surface area contributed by atoms with Crippen LogP contribution in [-0.4, -0.2) is 96.5 Å². The van der Waals surface area contributed by atoms with Gasteiger partial charge in [-0.15, -0.1) is 6.42 Å². The third kappa shape index (κ3) is 56.1. The number of aliphatic hydroxyl groups is 3. The molecule has 0 aliphatic rings. The Bertz CT molecular complexity index is 2160. The number of rotatable bonds is 24. The number of alkyl halides is 6. The number of halogens is 7. The van der Waals surface area contributed by atoms with Crippen molar-refractivity contribution in [1.82, 2.24) is 10.6 Å². The summed E-state index contributed by atoms with van der Waals surface area (Å²) in [5.74, 6) is 10.2. The normalized spacial score (nSPS) is 10.9. The Morgan fingerprint density at radius 1 is 0.658 bits per heavy atom. The van der Waals surface area contributed by atoms with Crippen LogP contribution in [0.1, 0.15) is 146 Å². The maximum Gasteiger partial charge on any atom is 1.00 e. The van der Waals surface area contributed by atoms with E-state index in [-0.39, 0.29) is 129 Å². The summed E-state index contributed by atoms with van der Waals surface area (Å²) >= 11 is 3.30. The Balaban J connectivity index is -0.000000175. The van der Waals surface area contributed by atoms with Crippen LogP contribution in [0, 0.1) is 36.0 Å². The molecule has 9 N–H and O–H groups in total. The Morgan fingerprint density at radius 2 is 1.00 bits per heavy atom. The standard InChI is InChI=1S/C19H24F3NO2.C17H25NO.C11H11BrF3NO.C8H14O.CH2O3.CH3O.2K.H2O.H/c1-2-3-4-10-17(24)12-11-16-8-5-7-15(14-16)9-6-13-23-18(25)19(20,21)22;1-2-3-4-10-17(19)12-11-16-8-5-7-15(14-16)9-6-13-18;12-9-5-1-3-8(7-9)4-2-6-16-10(17)11(13,14)15;1-3-5-6-7-8(9)4-2;2-1-4-3;1-2;;;;/h5,7-8,14,17,24H,2-4,6,9-10,13H2,1H3,(H,23,25);5,7-8,14,17,19H,2-4,6,9-10,13,18H2,1H3;1,3,5,7H,2,4,6H2,(H,16,17);2,8-9H,3,5-7H2,1H3;1,3H;1H3;;;1H2;/q;;;;;-1;2*+1;;-1/p-1/t2*17-;;8-;;;;;;/m00.1....../s1. The number of hydrogen-bond acceptors (Lipinski definition) is 10. The largest absolute Gasteiger partial charge is 1.00 e. The second kappa shape index (κ2) is 59.0. The van der Waals surface area contributed by atoms with Gasteiger partial charge in [0.1, 0.15) is 18.3 Å². The van der Waals surface area contributed by atoms with Gasteiger partial charge in [0.05, 0.1) is 0 Å². The molecule has 0 saturated heterocycles. The van der Waals surface area contributed by atoms with E-state index in [1.54, 1.807) is 0 Å². The number of hydrogen-bond donors (Lipinski definition) is 6. The van der Waals surface area contributed by atoms with Gasteiger partial charge in [0.25, 0.3) is 6.47 Å². The predicted molar refractivity (Wildman–Crippen MR) is 290 cm³/mol. The zero-order chi connectivity index (χ0) is 58.0. The van der Waals surface area contributed by atoms with Crippen LogP contribution in [0.5, 0.6) is 0 Å². The van der Waals surface area contributed by atoms with E-state index in [0.717, 1.165) is 98.0 Å². The zero-order valence-electron chi connectivity index (χ0n) is 47.7. The van der Waals surface area contributed by atoms with Crippen LogP contribution in [-0.2, 0) is 38.5 Å². The van der Waals surface area contributed by atoms with Crippen molar-refractivity contribution < 1.29 is 181 Å². The molecule has 0 radical (unpaired) electrons. The summed E-state index contributed by atoms with van der Waals surface area (Å²) in [6.07, 6.45) is 9.71. The van der Waals surface area contributed by atoms with Gasteiger partial charge in [0.2, 0.25) is 0 Å². The van der Waals surface area contributed by atoms with E-state index in [2.05, 4.69) is 83.3 Å². The first kappa shape index (κ1) is 88.0. The van der Waals surface area contributed by atoms with Crippen molar-refractivity contribution in [3.63, 3.8) is 0 Å². The quantitative estimate of drug-likeness (QED) is 0.0144. The fourth-order valence-corrected chi connectivity index (χ4v) is 6.57. The van der Waals surface area contributed by atoms with E-state index >= 15 is 0 Å². The molecule has 3 aromatic rings. The number of nitrogens with two attached hydrogens (primary N) is 1. The summed E-state index contributed by atoms with van der Waals surface area (Å²) in [6, 6.07) is 23.0. The SMILES string of the molecule is C#C[C@@H](O)CCCCC.CCCCC[C@H](O)C#Cc1cccc(CCCN)c1.CCCCC[C@H](O)C#Cc1cccc(CCCNC(=O)C(F)(F)F)c1.C[O-].O.O=C(NCCCc1cccc(Br)c1)C(F)(F)F.O=CO[O-].[H-].[K+].[K+]. The van der Waals surface area contributed by atoms with Crippen LogP contribution in [0.4, 0.5) is 26.3 Å². The topological polar surface area (TPSA) is 249 Å². The first-order valence-corrected chi connectivity index (χ1v) is 26.0. The van der Waals surface area contributed by atoms with Gasteiger partial charge in [0, 0.05) is 28.7 Å². The molecular formula is C57H81BrF6K2N3O10-. The minimum atomic E-state index is -4.84. The minimum Gasteiger partial charge on any atom is -1.00 e. The third-order valence-electron chi connectivity index (χ3n) is 10.0. The summed E-state index contributed by atoms with van der Waals surface area (Å²) in [6.45, 7) is 6.90. The number of carbonyl (C=O) groups excluding carboxylic acids is 3. The van der Waals surface area contributed by atoms with E-state index in [1.165, 1.54) is 24.8 Å². The number of nitrogens with one attached hydrogen (secondary N) is 2. The second-order valence-electron chi connectivity index (χ2n) is 16.6. The van der Waals surface area contributed by atoms with Crippen LogP contribution in [0.25, 0.3) is 0 Å². The first-order chi connectivity index (χ1) is 36.2. The predicted octanol–water partition coefficient (Wildman–Crippen LogP) is 1.79. The van der Waals surface area contributed by atoms with Crippen molar-refractivity contribution in [3.05, 3.63) is 105 Å². The zero-order valence-corrected chi connectivity index (χ0v) is 54.5. The number of amides is 2. The van der Waals surface area contributed by atoms with Crippen molar-refractivity contribution in [3.8, 4) is 36.0 Å². The van der Waals surface area contributed by atoms with E-state index in [1.807, 2.05) is 71.3 Å². The van der Waals surface area contributed by atoms with E-state index in [4.69, 9.17) is 32.4 Å². The molecule has 13 nitrogen and oxygen atoms in total. The average molecular weight is 1240 g/mol. The Morgan fingerprint density at radius 3 is 1.32 bits per heavy atom. The molecule has 0 aromatic heterocycles. The monoisotopic (exact) mass is 1240 g/mol. The fourth-order valence-electron chi connectivity index (χ4n) is 6.12. The van der Waals surface area contributed by atoms with Crippen LogP contribution in [0.15, 0.2) is 77.3 Å². The van der Waals surface area contributed by atoms with Crippen LogP contribution < -0.4 is 130 Å². The van der Waals surface area contributed by atoms with Gasteiger partial charge in [-0.25, -0.2) is 0 Å². The average Bonchev–Trinajstić information content (AvgIpc) is 3.40. The Hall–Kier alpha value is -2.20. The molecule has 0 aliphatic heterocycles. The molecule has 0 heterocycles. The second-order valence-corrected chi connectivity index (χ2v) is 17.5. The summed E-state index contributed by atoms with van der Waals surface area (Å²) in [7, 11) is 0.750. The number of benzene rings is 3. The van der Waals surface area contributed by atoms with Crippen LogP contribution in [0.3, 0.4) is 0 Å². The van der Waals surface area contributed by atoms with Crippen molar-refractivity contribution >= 4 is 34.2 Å². The molecule has 2 amide bonds. The van der Waals surface area contributed by atoms with Crippen molar-refractivity contribution in [2.45, 2.75) is 167 Å². The number of unbranched alkanes of at least 4 members (excludes halogenated alkanes) is 6. The minimum absolute atomic E-state index is 0. The molecule has 3 rings (SSSR count). The fraction of sp³-hybridized carbons (Fsp3) is 0.526. The maximum atomic E-state index is 12.1. The van der Waals surface area contributed by atoms with Gasteiger partial charge in [-0.05, 0) is 137 Å². The molecule has 0 spiro atoms. The molecule has 0 fully saturated rings. The molecule has 3 aromatic carbocycles. The molecule has 22 heteroatoms. The molecule has 79 heavy (non-hydrogen) atoms. The molecular weight excluding hydrogens is 1160 g/mol. The Kier molecular flexibility index (Phi) is 65.7. The summed E-state index contributed by atoms with van der Waals surface area (Å²) < 4.78 is 72.6. The van der Waals surface area contributed by atoms with E-state index in [0.29, 0.717) is 38.6 Å². The number of terminal acetylenes is 1. The van der Waals surface area contributed by atoms with Gasteiger partial charge in [-0.3, -0.25) is 14.4 Å².